The van der Waals surface area contributed by atoms with Crippen LogP contribution in [0.5, 0.6) is 11.6 Å². The molecule has 3 rings (SSSR count). The fraction of sp³-hybridized carbons (Fsp3) is 0.435. The van der Waals surface area contributed by atoms with Gasteiger partial charge in [-0.05, 0) is 37.5 Å². The molecule has 0 saturated heterocycles. The van der Waals surface area contributed by atoms with Crippen LogP contribution >= 0.6 is 0 Å². The van der Waals surface area contributed by atoms with Crippen LogP contribution in [0, 0.1) is 5.92 Å². The molecule has 1 saturated carbocycles. The van der Waals surface area contributed by atoms with Crippen LogP contribution in [0.15, 0.2) is 53.7 Å². The van der Waals surface area contributed by atoms with Crippen molar-refractivity contribution < 1.29 is 14.3 Å². The molecule has 3 N–H and O–H groups in total. The number of hydrogen-bond acceptors (Lipinski definition) is 5. The number of rotatable bonds is 12. The molecule has 2 aromatic rings. The first-order chi connectivity index (χ1) is 15.2. The summed E-state index contributed by atoms with van der Waals surface area (Å²) in [5.41, 5.74) is 0.979. The summed E-state index contributed by atoms with van der Waals surface area (Å²) in [4.78, 5) is 20.5. The van der Waals surface area contributed by atoms with Crippen molar-refractivity contribution in [1.82, 2.24) is 20.9 Å². The summed E-state index contributed by atoms with van der Waals surface area (Å²) < 4.78 is 11.2. The number of benzene rings is 1. The van der Waals surface area contributed by atoms with E-state index >= 15 is 0 Å². The topological polar surface area (TPSA) is 96.9 Å². The number of hydrogen-bond donors (Lipinski definition) is 3. The predicted octanol–water partition coefficient (Wildman–Crippen LogP) is 2.12. The minimum Gasteiger partial charge on any atom is -0.490 e. The molecule has 8 heteroatoms. The number of amides is 1. The van der Waals surface area contributed by atoms with Crippen LogP contribution in [0.1, 0.15) is 25.3 Å². The van der Waals surface area contributed by atoms with E-state index in [9.17, 15) is 4.79 Å². The van der Waals surface area contributed by atoms with Gasteiger partial charge in [-0.15, -0.1) is 0 Å². The van der Waals surface area contributed by atoms with Crippen molar-refractivity contribution in [2.75, 3.05) is 32.8 Å². The zero-order valence-electron chi connectivity index (χ0n) is 18.0. The van der Waals surface area contributed by atoms with E-state index < -0.39 is 0 Å². The Morgan fingerprint density at radius 1 is 1.03 bits per heavy atom. The lowest BCUT2D eigenvalue weighted by molar-refractivity contribution is -0.122. The molecule has 1 fully saturated rings. The minimum absolute atomic E-state index is 0.156. The third kappa shape index (κ3) is 8.54. The molecule has 8 nitrogen and oxygen atoms in total. The summed E-state index contributed by atoms with van der Waals surface area (Å²) in [6.45, 7) is 5.36. The van der Waals surface area contributed by atoms with Crippen molar-refractivity contribution in [3.05, 3.63) is 54.2 Å². The lowest BCUT2D eigenvalue weighted by Crippen LogP contribution is -2.41. The van der Waals surface area contributed by atoms with Gasteiger partial charge in [0.2, 0.25) is 11.8 Å². The smallest absolute Gasteiger partial charge is 0.223 e. The number of aliphatic imine (C=N–C) groups is 1. The first-order valence-corrected chi connectivity index (χ1v) is 10.8. The van der Waals surface area contributed by atoms with Gasteiger partial charge in [0.1, 0.15) is 19.0 Å². The number of nitrogens with zero attached hydrogens (tertiary/aromatic N) is 2. The Morgan fingerprint density at radius 3 is 2.52 bits per heavy atom. The number of carbonyl (C=O) groups is 1. The van der Waals surface area contributed by atoms with Gasteiger partial charge >= 0.3 is 0 Å². The molecule has 0 aliphatic heterocycles. The van der Waals surface area contributed by atoms with Crippen LogP contribution in [-0.2, 0) is 11.3 Å². The SMILES string of the molecule is CCNC(=NCc1ccc(OCCOc2ccccc2)nc1)NCCNC(=O)C1CC1. The number of ether oxygens (including phenoxy) is 2. The average molecular weight is 426 g/mol. The van der Waals surface area contributed by atoms with Crippen molar-refractivity contribution in [3.63, 3.8) is 0 Å². The van der Waals surface area contributed by atoms with E-state index in [0.717, 1.165) is 30.7 Å². The number of nitrogens with one attached hydrogen (secondary N) is 3. The maximum absolute atomic E-state index is 11.7. The summed E-state index contributed by atoms with van der Waals surface area (Å²) >= 11 is 0. The number of para-hydroxylation sites is 1. The lowest BCUT2D eigenvalue weighted by Gasteiger charge is -2.12. The monoisotopic (exact) mass is 425 g/mol. The Kier molecular flexibility index (Phi) is 8.97. The van der Waals surface area contributed by atoms with Crippen LogP contribution in [0.2, 0.25) is 0 Å². The maximum atomic E-state index is 11.7. The van der Waals surface area contributed by atoms with Gasteiger partial charge in [0, 0.05) is 37.8 Å². The molecule has 1 heterocycles. The van der Waals surface area contributed by atoms with Gasteiger partial charge in [0.25, 0.3) is 0 Å². The molecule has 1 aromatic heterocycles. The number of pyridine rings is 1. The molecular weight excluding hydrogens is 394 g/mol. The van der Waals surface area contributed by atoms with E-state index in [1.165, 1.54) is 0 Å². The van der Waals surface area contributed by atoms with Gasteiger partial charge in [0.15, 0.2) is 5.96 Å². The van der Waals surface area contributed by atoms with Crippen LogP contribution in [0.25, 0.3) is 0 Å². The molecule has 1 aliphatic rings. The molecule has 1 aromatic carbocycles. The van der Waals surface area contributed by atoms with E-state index in [-0.39, 0.29) is 11.8 Å². The fourth-order valence-electron chi connectivity index (χ4n) is 2.78. The average Bonchev–Trinajstić information content (AvgIpc) is 3.65. The Labute approximate surface area is 183 Å². The molecule has 0 bridgehead atoms. The Bertz CT molecular complexity index is 823. The normalized spacial score (nSPS) is 13.4. The lowest BCUT2D eigenvalue weighted by atomic mass is 10.3. The molecule has 31 heavy (non-hydrogen) atoms. The number of aromatic nitrogens is 1. The van der Waals surface area contributed by atoms with Gasteiger partial charge in [0.05, 0.1) is 6.54 Å². The highest BCUT2D eigenvalue weighted by Crippen LogP contribution is 2.28. The molecule has 0 spiro atoms. The quantitative estimate of drug-likeness (QED) is 0.274. The number of carbonyl (C=O) groups excluding carboxylic acids is 1. The maximum Gasteiger partial charge on any atom is 0.223 e. The highest BCUT2D eigenvalue weighted by Gasteiger charge is 2.28. The second-order valence-corrected chi connectivity index (χ2v) is 7.20. The van der Waals surface area contributed by atoms with Gasteiger partial charge in [-0.25, -0.2) is 9.98 Å². The van der Waals surface area contributed by atoms with Gasteiger partial charge in [-0.1, -0.05) is 24.3 Å². The van der Waals surface area contributed by atoms with Crippen LogP contribution in [-0.4, -0.2) is 49.7 Å². The second-order valence-electron chi connectivity index (χ2n) is 7.20. The molecule has 0 radical (unpaired) electrons. The molecular formula is C23H31N5O3. The van der Waals surface area contributed by atoms with Crippen molar-refractivity contribution in [2.24, 2.45) is 10.9 Å². The number of guanidine groups is 1. The van der Waals surface area contributed by atoms with E-state index in [0.29, 0.717) is 44.7 Å². The second kappa shape index (κ2) is 12.4. The summed E-state index contributed by atoms with van der Waals surface area (Å²) in [5, 5.41) is 9.37. The Balaban J connectivity index is 1.36. The summed E-state index contributed by atoms with van der Waals surface area (Å²) in [5.74, 6) is 2.48. The van der Waals surface area contributed by atoms with Gasteiger partial charge in [-0.2, -0.15) is 0 Å². The predicted molar refractivity (Wildman–Crippen MR) is 120 cm³/mol. The largest absolute Gasteiger partial charge is 0.490 e. The van der Waals surface area contributed by atoms with Crippen LogP contribution in [0.3, 0.4) is 0 Å². The van der Waals surface area contributed by atoms with E-state index in [1.807, 2.05) is 49.4 Å². The van der Waals surface area contributed by atoms with E-state index in [2.05, 4.69) is 25.9 Å². The Hall–Kier alpha value is -3.29. The fourth-order valence-corrected chi connectivity index (χ4v) is 2.78. The standard InChI is InChI=1S/C23H31N5O3/c1-2-24-23(26-13-12-25-22(29)19-9-10-19)28-17-18-8-11-21(27-16-18)31-15-14-30-20-6-4-3-5-7-20/h3-8,11,16,19H,2,9-10,12-15,17H2,1H3,(H,25,29)(H2,24,26,28). The molecule has 166 valence electrons. The molecule has 0 atom stereocenters. The highest BCUT2D eigenvalue weighted by atomic mass is 16.5. The van der Waals surface area contributed by atoms with Gasteiger partial charge < -0.3 is 25.4 Å². The first kappa shape index (κ1) is 22.4. The molecule has 1 amide bonds. The Morgan fingerprint density at radius 2 is 1.81 bits per heavy atom. The van der Waals surface area contributed by atoms with Crippen LogP contribution in [0.4, 0.5) is 0 Å². The third-order valence-corrected chi connectivity index (χ3v) is 4.57. The summed E-state index contributed by atoms with van der Waals surface area (Å²) in [7, 11) is 0. The summed E-state index contributed by atoms with van der Waals surface area (Å²) in [6.07, 6.45) is 3.79. The third-order valence-electron chi connectivity index (χ3n) is 4.57. The summed E-state index contributed by atoms with van der Waals surface area (Å²) in [6, 6.07) is 13.4. The highest BCUT2D eigenvalue weighted by molar-refractivity contribution is 5.81. The van der Waals surface area contributed by atoms with Gasteiger partial charge in [-0.3, -0.25) is 4.79 Å². The molecule has 1 aliphatic carbocycles. The van der Waals surface area contributed by atoms with Crippen molar-refractivity contribution in [2.45, 2.75) is 26.3 Å². The van der Waals surface area contributed by atoms with Crippen molar-refractivity contribution in [3.8, 4) is 11.6 Å². The first-order valence-electron chi connectivity index (χ1n) is 10.8. The zero-order chi connectivity index (χ0) is 21.7. The van der Waals surface area contributed by atoms with Crippen LogP contribution < -0.4 is 25.4 Å². The van der Waals surface area contributed by atoms with E-state index in [1.54, 1.807) is 6.20 Å². The van der Waals surface area contributed by atoms with Crippen molar-refractivity contribution in [1.29, 1.82) is 0 Å². The van der Waals surface area contributed by atoms with Crippen molar-refractivity contribution >= 4 is 11.9 Å². The van der Waals surface area contributed by atoms with E-state index in [4.69, 9.17) is 9.47 Å². The minimum atomic E-state index is 0.156. The molecule has 0 unspecified atom stereocenters. The zero-order valence-corrected chi connectivity index (χ0v) is 18.0.